The van der Waals surface area contributed by atoms with Crippen LogP contribution < -0.4 is 11.1 Å². The number of hydrogen-bond donors (Lipinski definition) is 2. The molecular weight excluding hydrogens is 390 g/mol. The molecule has 0 amide bonds. The molecule has 152 valence electrons. The lowest BCUT2D eigenvalue weighted by molar-refractivity contribution is 0.322. The van der Waals surface area contributed by atoms with Gasteiger partial charge in [0.1, 0.15) is 0 Å². The van der Waals surface area contributed by atoms with Gasteiger partial charge in [-0.25, -0.2) is 0 Å². The van der Waals surface area contributed by atoms with E-state index in [0.717, 1.165) is 23.0 Å². The van der Waals surface area contributed by atoms with Crippen molar-refractivity contribution in [2.75, 3.05) is 0 Å². The van der Waals surface area contributed by atoms with Gasteiger partial charge in [0, 0.05) is 34.7 Å². The Morgan fingerprint density at radius 1 is 0.933 bits per heavy atom. The molecule has 1 aromatic heterocycles. The highest BCUT2D eigenvalue weighted by atomic mass is 35.5. The van der Waals surface area contributed by atoms with E-state index in [1.54, 1.807) is 6.20 Å². The fourth-order valence-electron chi connectivity index (χ4n) is 3.69. The maximum Gasteiger partial charge on any atom is 0.0720 e. The number of pyridine rings is 1. The van der Waals surface area contributed by atoms with E-state index in [-0.39, 0.29) is 11.6 Å². The second-order valence-electron chi connectivity index (χ2n) is 8.18. The zero-order valence-corrected chi connectivity index (χ0v) is 18.0. The minimum atomic E-state index is -0.313. The number of fused-ring (bicyclic) bond motifs is 1. The molecule has 0 aliphatic rings. The molecule has 4 rings (SSSR count). The van der Waals surface area contributed by atoms with Crippen LogP contribution in [0.2, 0.25) is 5.02 Å². The molecule has 0 radical (unpaired) electrons. The maximum atomic E-state index is 6.72. The van der Waals surface area contributed by atoms with Crippen molar-refractivity contribution in [3.05, 3.63) is 101 Å². The first-order valence-corrected chi connectivity index (χ1v) is 10.5. The Bertz CT molecular complexity index is 1140. The van der Waals surface area contributed by atoms with Crippen molar-refractivity contribution in [1.82, 2.24) is 10.3 Å². The van der Waals surface area contributed by atoms with Gasteiger partial charge in [-0.3, -0.25) is 4.98 Å². The zero-order valence-electron chi connectivity index (χ0n) is 17.3. The third-order valence-electron chi connectivity index (χ3n) is 5.66. The Morgan fingerprint density at radius 2 is 1.63 bits per heavy atom. The van der Waals surface area contributed by atoms with Crippen LogP contribution in [0.15, 0.2) is 85.1 Å². The van der Waals surface area contributed by atoms with Crippen LogP contribution in [0.3, 0.4) is 0 Å². The summed E-state index contributed by atoms with van der Waals surface area (Å²) in [5, 5.41) is 5.35. The fraction of sp³-hybridized carbons (Fsp3) is 0.192. The van der Waals surface area contributed by atoms with E-state index in [0.29, 0.717) is 5.02 Å². The maximum absolute atomic E-state index is 6.72. The number of nitrogens with one attached hydrogen (secondary N) is 1. The molecule has 0 saturated carbocycles. The summed E-state index contributed by atoms with van der Waals surface area (Å²) < 4.78 is 0. The van der Waals surface area contributed by atoms with Gasteiger partial charge in [0.25, 0.3) is 0 Å². The van der Waals surface area contributed by atoms with Crippen LogP contribution in [0.25, 0.3) is 22.0 Å². The molecule has 3 N–H and O–H groups in total. The van der Waals surface area contributed by atoms with E-state index in [4.69, 9.17) is 17.3 Å². The van der Waals surface area contributed by atoms with Crippen molar-refractivity contribution in [3.8, 4) is 11.1 Å². The zero-order chi connectivity index (χ0) is 21.1. The lowest BCUT2D eigenvalue weighted by Gasteiger charge is -2.34. The number of benzene rings is 3. The van der Waals surface area contributed by atoms with Crippen LogP contribution in [-0.4, -0.2) is 10.5 Å². The summed E-state index contributed by atoms with van der Waals surface area (Å²) in [5.74, 6) is 0. The monoisotopic (exact) mass is 415 g/mol. The molecule has 1 atom stereocenters. The summed E-state index contributed by atoms with van der Waals surface area (Å²) in [6.07, 6.45) is 1.80. The minimum Gasteiger partial charge on any atom is -0.322 e. The normalized spacial score (nSPS) is 12.8. The average molecular weight is 416 g/mol. The summed E-state index contributed by atoms with van der Waals surface area (Å²) in [4.78, 5) is 4.43. The van der Waals surface area contributed by atoms with Crippen LogP contribution in [0.4, 0.5) is 0 Å². The fourth-order valence-corrected chi connectivity index (χ4v) is 3.86. The Balaban J connectivity index is 1.49. The highest BCUT2D eigenvalue weighted by Gasteiger charge is 2.28. The van der Waals surface area contributed by atoms with Crippen LogP contribution in [0.5, 0.6) is 0 Å². The third kappa shape index (κ3) is 4.39. The van der Waals surface area contributed by atoms with Crippen molar-refractivity contribution in [2.24, 2.45) is 5.73 Å². The van der Waals surface area contributed by atoms with E-state index in [1.807, 2.05) is 30.3 Å². The largest absolute Gasteiger partial charge is 0.322 e. The molecule has 0 bridgehead atoms. The number of nitrogens with zero attached hydrogens (tertiary/aromatic N) is 1. The van der Waals surface area contributed by atoms with E-state index in [9.17, 15) is 0 Å². The van der Waals surface area contributed by atoms with Crippen molar-refractivity contribution in [2.45, 2.75) is 32.0 Å². The molecule has 3 aromatic carbocycles. The van der Waals surface area contributed by atoms with E-state index < -0.39 is 0 Å². The topological polar surface area (TPSA) is 50.9 Å². The lowest BCUT2D eigenvalue weighted by atomic mass is 9.87. The van der Waals surface area contributed by atoms with Crippen molar-refractivity contribution in [3.63, 3.8) is 0 Å². The lowest BCUT2D eigenvalue weighted by Crippen LogP contribution is -2.48. The molecule has 0 aliphatic heterocycles. The SMILES string of the molecule is CC(C)(NCc1ccc(-c2ccccc2)cc1)C(N)c1ccnc2cc(Cl)ccc12. The van der Waals surface area contributed by atoms with Gasteiger partial charge < -0.3 is 11.1 Å². The van der Waals surface area contributed by atoms with Gasteiger partial charge in [-0.15, -0.1) is 0 Å². The molecule has 0 fully saturated rings. The minimum absolute atomic E-state index is 0.201. The van der Waals surface area contributed by atoms with Gasteiger partial charge in [0.05, 0.1) is 5.52 Å². The Kier molecular flexibility index (Phi) is 5.87. The van der Waals surface area contributed by atoms with Gasteiger partial charge in [-0.2, -0.15) is 0 Å². The van der Waals surface area contributed by atoms with Gasteiger partial charge in [0.15, 0.2) is 0 Å². The molecule has 0 saturated heterocycles. The second-order valence-corrected chi connectivity index (χ2v) is 8.61. The molecule has 4 aromatic rings. The summed E-state index contributed by atoms with van der Waals surface area (Å²) in [5.41, 5.74) is 12.0. The highest BCUT2D eigenvalue weighted by Crippen LogP contribution is 2.30. The van der Waals surface area contributed by atoms with Crippen LogP contribution in [-0.2, 0) is 6.54 Å². The number of rotatable bonds is 6. The van der Waals surface area contributed by atoms with E-state index >= 15 is 0 Å². The Hall–Kier alpha value is -2.72. The quantitative estimate of drug-likeness (QED) is 0.398. The first-order chi connectivity index (χ1) is 14.4. The number of halogens is 1. The van der Waals surface area contributed by atoms with Gasteiger partial charge >= 0.3 is 0 Å². The molecule has 3 nitrogen and oxygen atoms in total. The summed E-state index contributed by atoms with van der Waals surface area (Å²) in [6.45, 7) is 5.01. The highest BCUT2D eigenvalue weighted by molar-refractivity contribution is 6.31. The Labute approximate surface area is 182 Å². The first kappa shape index (κ1) is 20.5. The van der Waals surface area contributed by atoms with Crippen LogP contribution >= 0.6 is 11.6 Å². The summed E-state index contributed by atoms with van der Waals surface area (Å²) >= 11 is 6.12. The molecule has 30 heavy (non-hydrogen) atoms. The second kappa shape index (κ2) is 8.57. The van der Waals surface area contributed by atoms with Crippen LogP contribution in [0, 0.1) is 0 Å². The number of nitrogens with two attached hydrogens (primary N) is 1. The smallest absolute Gasteiger partial charge is 0.0720 e. The third-order valence-corrected chi connectivity index (χ3v) is 5.90. The molecule has 0 spiro atoms. The molecule has 1 unspecified atom stereocenters. The Morgan fingerprint density at radius 3 is 2.37 bits per heavy atom. The van der Waals surface area contributed by atoms with Crippen molar-refractivity contribution in [1.29, 1.82) is 0 Å². The van der Waals surface area contributed by atoms with E-state index in [1.165, 1.54) is 16.7 Å². The predicted molar refractivity (Wildman–Crippen MR) is 126 cm³/mol. The van der Waals surface area contributed by atoms with Crippen molar-refractivity contribution >= 4 is 22.5 Å². The molecule has 1 heterocycles. The van der Waals surface area contributed by atoms with Gasteiger partial charge in [0.2, 0.25) is 0 Å². The summed E-state index contributed by atoms with van der Waals surface area (Å²) in [6, 6.07) is 26.6. The van der Waals surface area contributed by atoms with Gasteiger partial charge in [-0.1, -0.05) is 72.3 Å². The predicted octanol–water partition coefficient (Wildman–Crippen LogP) is 6.12. The molecule has 0 aliphatic carbocycles. The summed E-state index contributed by atoms with van der Waals surface area (Å²) in [7, 11) is 0. The van der Waals surface area contributed by atoms with Crippen molar-refractivity contribution < 1.29 is 0 Å². The van der Waals surface area contributed by atoms with Gasteiger partial charge in [-0.05, 0) is 54.3 Å². The number of hydrogen-bond acceptors (Lipinski definition) is 3. The standard InChI is InChI=1S/C26H26ClN3/c1-26(2,25(28)23-14-15-29-24-16-21(27)12-13-22(23)24)30-17-18-8-10-20(11-9-18)19-6-4-3-5-7-19/h3-16,25,30H,17,28H2,1-2H3. The first-order valence-electron chi connectivity index (χ1n) is 10.1. The molecular formula is C26H26ClN3. The average Bonchev–Trinajstić information content (AvgIpc) is 2.77. The molecule has 4 heteroatoms. The van der Waals surface area contributed by atoms with Crippen LogP contribution in [0.1, 0.15) is 31.0 Å². The van der Waals surface area contributed by atoms with E-state index in [2.05, 4.69) is 72.7 Å². The number of aromatic nitrogens is 1.